The molecule has 44 heavy (non-hydrogen) atoms. The summed E-state index contributed by atoms with van der Waals surface area (Å²) in [7, 11) is 1.69. The summed E-state index contributed by atoms with van der Waals surface area (Å²) in [6.45, 7) is 17.9. The van der Waals surface area contributed by atoms with Crippen molar-refractivity contribution in [1.29, 1.82) is 0 Å². The summed E-state index contributed by atoms with van der Waals surface area (Å²) in [6, 6.07) is 15.0. The van der Waals surface area contributed by atoms with Crippen LogP contribution in [0.5, 0.6) is 0 Å². The molecule has 0 saturated carbocycles. The number of rotatable bonds is 10. The molecule has 2 heterocycles. The number of nitrogen functional groups attached to an aromatic ring is 1. The van der Waals surface area contributed by atoms with E-state index in [1.807, 2.05) is 57.3 Å². The third-order valence-corrected chi connectivity index (χ3v) is 7.55. The molecule has 4 aromatic rings. The fourth-order valence-corrected chi connectivity index (χ4v) is 4.93. The van der Waals surface area contributed by atoms with Gasteiger partial charge in [-0.15, -0.1) is 0 Å². The molecule has 9 heteroatoms. The summed E-state index contributed by atoms with van der Waals surface area (Å²) in [5, 5.41) is 6.54. The Morgan fingerprint density at radius 1 is 1.11 bits per heavy atom. The van der Waals surface area contributed by atoms with Crippen molar-refractivity contribution in [2.24, 2.45) is 7.05 Å². The highest BCUT2D eigenvalue weighted by Crippen LogP contribution is 2.30. The van der Waals surface area contributed by atoms with Crippen molar-refractivity contribution >= 4 is 34.5 Å². The van der Waals surface area contributed by atoms with E-state index in [1.54, 1.807) is 36.3 Å². The topological polar surface area (TPSA) is 118 Å². The van der Waals surface area contributed by atoms with Gasteiger partial charge in [0.05, 0.1) is 11.3 Å². The van der Waals surface area contributed by atoms with E-state index >= 15 is 0 Å². The van der Waals surface area contributed by atoms with E-state index in [-0.39, 0.29) is 22.7 Å². The third-order valence-electron chi connectivity index (χ3n) is 7.55. The zero-order valence-corrected chi connectivity index (χ0v) is 26.8. The maximum absolute atomic E-state index is 13.1. The lowest BCUT2D eigenvalue weighted by molar-refractivity contribution is 0.0765. The van der Waals surface area contributed by atoms with E-state index < -0.39 is 0 Å². The zero-order valence-electron chi connectivity index (χ0n) is 26.8. The van der Waals surface area contributed by atoms with Crippen LogP contribution in [-0.4, -0.2) is 38.4 Å². The Balaban J connectivity index is 1.60. The Bertz CT molecular complexity index is 1730. The molecule has 0 unspecified atom stereocenters. The minimum absolute atomic E-state index is 0.0331. The average Bonchev–Trinajstić information content (AvgIpc) is 2.98. The van der Waals surface area contributed by atoms with Crippen molar-refractivity contribution < 1.29 is 4.79 Å². The minimum Gasteiger partial charge on any atom is -0.398 e. The lowest BCUT2D eigenvalue weighted by atomic mass is 9.91. The minimum atomic E-state index is -0.293. The van der Waals surface area contributed by atoms with Gasteiger partial charge in [-0.3, -0.25) is 14.6 Å². The van der Waals surface area contributed by atoms with Crippen LogP contribution in [0.1, 0.15) is 68.2 Å². The fourth-order valence-electron chi connectivity index (χ4n) is 4.93. The number of benzene rings is 2. The average molecular weight is 594 g/mol. The molecular weight excluding hydrogens is 550 g/mol. The normalized spacial score (nSPS) is 11.2. The van der Waals surface area contributed by atoms with Gasteiger partial charge in [-0.2, -0.15) is 0 Å². The lowest BCUT2D eigenvalue weighted by Gasteiger charge is -2.21. The fraction of sp³-hybridized carbons (Fsp3) is 0.314. The number of hydrogen-bond acceptors (Lipinski definition) is 7. The van der Waals surface area contributed by atoms with Gasteiger partial charge >= 0.3 is 0 Å². The summed E-state index contributed by atoms with van der Waals surface area (Å²) >= 11 is 0. The van der Waals surface area contributed by atoms with Gasteiger partial charge in [-0.05, 0) is 62.2 Å². The van der Waals surface area contributed by atoms with Crippen LogP contribution in [0.3, 0.4) is 0 Å². The summed E-state index contributed by atoms with van der Waals surface area (Å²) in [5.74, 6) is 0.0381. The predicted octanol–water partition coefficient (Wildman–Crippen LogP) is 6.73. The molecule has 0 aliphatic rings. The van der Waals surface area contributed by atoms with E-state index in [2.05, 4.69) is 43.0 Å². The molecule has 0 fully saturated rings. The molecule has 0 aliphatic heterocycles. The van der Waals surface area contributed by atoms with E-state index in [1.165, 1.54) is 4.57 Å². The summed E-state index contributed by atoms with van der Waals surface area (Å²) in [4.78, 5) is 37.1. The molecule has 0 spiro atoms. The molecule has 9 nitrogen and oxygen atoms in total. The predicted molar refractivity (Wildman–Crippen MR) is 181 cm³/mol. The Kier molecular flexibility index (Phi) is 9.57. The molecule has 0 saturated heterocycles. The molecule has 2 aromatic carbocycles. The van der Waals surface area contributed by atoms with Gasteiger partial charge in [0.15, 0.2) is 5.82 Å². The second kappa shape index (κ2) is 13.2. The van der Waals surface area contributed by atoms with Crippen molar-refractivity contribution in [3.05, 3.63) is 100 Å². The quantitative estimate of drug-likeness (QED) is 0.175. The highest BCUT2D eigenvalue weighted by molar-refractivity contribution is 5.99. The summed E-state index contributed by atoms with van der Waals surface area (Å²) in [5.41, 5.74) is 13.2. The Labute approximate surface area is 259 Å². The SMILES string of the molecule is C=C(Nc1cccc(-c2cn(C)c(=O)c(Nc3ccc(C(=O)N(CC)CCC)c(N)c3)n2)c1C)c1ccc(C(C)(C)C)nc1. The second-order valence-electron chi connectivity index (χ2n) is 12.0. The maximum atomic E-state index is 13.1. The smallest absolute Gasteiger partial charge is 0.293 e. The number of anilines is 4. The molecule has 4 N–H and O–H groups in total. The van der Waals surface area contributed by atoms with E-state index in [0.717, 1.165) is 40.2 Å². The van der Waals surface area contributed by atoms with Crippen molar-refractivity contribution in [1.82, 2.24) is 19.4 Å². The first kappa shape index (κ1) is 32.0. The number of nitrogens with zero attached hydrogens (tertiary/aromatic N) is 4. The van der Waals surface area contributed by atoms with Gasteiger partial charge in [-0.1, -0.05) is 46.4 Å². The van der Waals surface area contributed by atoms with E-state index in [0.29, 0.717) is 35.7 Å². The van der Waals surface area contributed by atoms with Crippen LogP contribution in [0, 0.1) is 6.92 Å². The first-order chi connectivity index (χ1) is 20.8. The van der Waals surface area contributed by atoms with Gasteiger partial charge in [0, 0.05) is 77.5 Å². The van der Waals surface area contributed by atoms with Crippen molar-refractivity contribution in [3.8, 4) is 11.3 Å². The second-order valence-corrected chi connectivity index (χ2v) is 12.0. The Hall–Kier alpha value is -4.92. The van der Waals surface area contributed by atoms with Gasteiger partial charge in [0.1, 0.15) is 0 Å². The standard InChI is InChI=1S/C35H43N7O2/c1-9-18-42(10-2)33(43)27-16-15-25(19-28(27)36)39-32-34(44)41(8)21-30(40-32)26-12-11-13-29(22(26)3)38-23(4)24-14-17-31(37-20-24)35(5,6)7/h11-17,19-21,38H,4,9-10,18,36H2,1-3,5-8H3,(H,39,40). The zero-order chi connectivity index (χ0) is 32.2. The molecule has 0 radical (unpaired) electrons. The number of hydrogen-bond donors (Lipinski definition) is 3. The van der Waals surface area contributed by atoms with E-state index in [4.69, 9.17) is 10.7 Å². The summed E-state index contributed by atoms with van der Waals surface area (Å²) < 4.78 is 1.50. The van der Waals surface area contributed by atoms with Gasteiger partial charge in [-0.25, -0.2) is 4.98 Å². The number of aryl methyl sites for hydroxylation is 1. The van der Waals surface area contributed by atoms with Crippen molar-refractivity contribution in [2.45, 2.75) is 53.4 Å². The van der Waals surface area contributed by atoms with Gasteiger partial charge in [0.25, 0.3) is 11.5 Å². The van der Waals surface area contributed by atoms with Gasteiger partial charge < -0.3 is 25.8 Å². The van der Waals surface area contributed by atoms with E-state index in [9.17, 15) is 9.59 Å². The maximum Gasteiger partial charge on any atom is 0.293 e. The number of nitrogens with two attached hydrogens (primary N) is 1. The molecule has 0 bridgehead atoms. The molecular formula is C35H43N7O2. The number of amides is 1. The highest BCUT2D eigenvalue weighted by Gasteiger charge is 2.18. The molecule has 2 aromatic heterocycles. The first-order valence-electron chi connectivity index (χ1n) is 14.9. The van der Waals surface area contributed by atoms with Crippen LogP contribution >= 0.6 is 0 Å². The van der Waals surface area contributed by atoms with Crippen LogP contribution in [0.15, 0.2) is 72.3 Å². The number of pyridine rings is 1. The monoisotopic (exact) mass is 593 g/mol. The molecule has 4 rings (SSSR count). The third kappa shape index (κ3) is 6.99. The highest BCUT2D eigenvalue weighted by atomic mass is 16.2. The first-order valence-corrected chi connectivity index (χ1v) is 14.9. The van der Waals surface area contributed by atoms with Crippen molar-refractivity contribution in [3.63, 3.8) is 0 Å². The van der Waals surface area contributed by atoms with Crippen LogP contribution in [0.4, 0.5) is 22.9 Å². The number of aromatic nitrogens is 3. The van der Waals surface area contributed by atoms with Crippen LogP contribution < -0.4 is 21.9 Å². The lowest BCUT2D eigenvalue weighted by Crippen LogP contribution is -2.32. The molecule has 0 atom stereocenters. The van der Waals surface area contributed by atoms with Crippen LogP contribution in [0.2, 0.25) is 0 Å². The number of carbonyl (C=O) groups is 1. The number of nitrogens with one attached hydrogen (secondary N) is 2. The Morgan fingerprint density at radius 2 is 1.86 bits per heavy atom. The van der Waals surface area contributed by atoms with Crippen molar-refractivity contribution in [2.75, 3.05) is 29.5 Å². The molecule has 230 valence electrons. The van der Waals surface area contributed by atoms with Gasteiger partial charge in [0.2, 0.25) is 0 Å². The molecule has 1 amide bonds. The summed E-state index contributed by atoms with van der Waals surface area (Å²) in [6.07, 6.45) is 4.41. The molecule has 0 aliphatic carbocycles. The Morgan fingerprint density at radius 3 is 2.48 bits per heavy atom. The largest absolute Gasteiger partial charge is 0.398 e. The van der Waals surface area contributed by atoms with Crippen LogP contribution in [-0.2, 0) is 12.5 Å². The van der Waals surface area contributed by atoms with Crippen LogP contribution in [0.25, 0.3) is 17.0 Å². The number of carbonyl (C=O) groups excluding carboxylic acids is 1.